The molecule has 3 aromatic carbocycles. The van der Waals surface area contributed by atoms with Crippen LogP contribution < -0.4 is 10.6 Å². The molecule has 7 heteroatoms. The van der Waals surface area contributed by atoms with E-state index in [1.807, 2.05) is 54.6 Å². The van der Waals surface area contributed by atoms with E-state index in [0.29, 0.717) is 30.8 Å². The van der Waals surface area contributed by atoms with E-state index in [1.54, 1.807) is 24.3 Å². The molecule has 0 atom stereocenters. The number of carbonyl (C=O) groups excluding carboxylic acids is 1. The van der Waals surface area contributed by atoms with Crippen LogP contribution in [0.3, 0.4) is 0 Å². The fourth-order valence-corrected chi connectivity index (χ4v) is 5.23. The number of nitrogens with zero attached hydrogens (tertiary/aromatic N) is 1. The Balaban J connectivity index is 1.27. The smallest absolute Gasteiger partial charge is 0.243 e. The van der Waals surface area contributed by atoms with Crippen molar-refractivity contribution in [3.8, 4) is 0 Å². The van der Waals surface area contributed by atoms with Crippen LogP contribution in [0.4, 0.5) is 17.1 Å². The van der Waals surface area contributed by atoms with E-state index in [1.165, 1.54) is 4.31 Å². The predicted octanol–water partition coefficient (Wildman–Crippen LogP) is 4.79. The van der Waals surface area contributed by atoms with Crippen LogP contribution >= 0.6 is 0 Å². The van der Waals surface area contributed by atoms with Crippen molar-refractivity contribution in [2.45, 2.75) is 30.6 Å². The zero-order valence-electron chi connectivity index (χ0n) is 17.8. The van der Waals surface area contributed by atoms with Crippen molar-refractivity contribution in [1.29, 1.82) is 0 Å². The zero-order chi connectivity index (χ0) is 22.4. The Morgan fingerprint density at radius 1 is 0.781 bits per heavy atom. The van der Waals surface area contributed by atoms with Gasteiger partial charge < -0.3 is 10.6 Å². The minimum Gasteiger partial charge on any atom is -0.356 e. The number of anilines is 3. The third-order valence-corrected chi connectivity index (χ3v) is 7.41. The Bertz CT molecular complexity index is 1140. The van der Waals surface area contributed by atoms with Crippen LogP contribution in [0, 0.1) is 0 Å². The van der Waals surface area contributed by atoms with Gasteiger partial charge in [0, 0.05) is 36.6 Å². The lowest BCUT2D eigenvalue weighted by Crippen LogP contribution is -2.27. The average Bonchev–Trinajstić information content (AvgIpc) is 3.36. The first-order valence-corrected chi connectivity index (χ1v) is 12.3. The van der Waals surface area contributed by atoms with Gasteiger partial charge in [-0.25, -0.2) is 8.42 Å². The largest absolute Gasteiger partial charge is 0.356 e. The van der Waals surface area contributed by atoms with Crippen LogP contribution in [0.15, 0.2) is 83.8 Å². The molecule has 1 aliphatic heterocycles. The minimum atomic E-state index is -3.40. The highest BCUT2D eigenvalue weighted by molar-refractivity contribution is 7.89. The molecule has 0 unspecified atom stereocenters. The molecule has 1 heterocycles. The molecule has 0 aromatic heterocycles. The maximum absolute atomic E-state index is 12.6. The van der Waals surface area contributed by atoms with E-state index >= 15 is 0 Å². The van der Waals surface area contributed by atoms with Gasteiger partial charge in [0.1, 0.15) is 0 Å². The van der Waals surface area contributed by atoms with Crippen molar-refractivity contribution in [2.75, 3.05) is 23.7 Å². The van der Waals surface area contributed by atoms with Gasteiger partial charge in [0.25, 0.3) is 0 Å². The summed E-state index contributed by atoms with van der Waals surface area (Å²) in [5.74, 6) is -0.0810. The van der Waals surface area contributed by atoms with Gasteiger partial charge in [-0.1, -0.05) is 30.3 Å². The van der Waals surface area contributed by atoms with Gasteiger partial charge in [-0.2, -0.15) is 4.31 Å². The second-order valence-electron chi connectivity index (χ2n) is 7.87. The molecule has 1 fully saturated rings. The fraction of sp³-hybridized carbons (Fsp3) is 0.240. The topological polar surface area (TPSA) is 78.5 Å². The van der Waals surface area contributed by atoms with Gasteiger partial charge in [-0.3, -0.25) is 4.79 Å². The van der Waals surface area contributed by atoms with Crippen LogP contribution in [0.25, 0.3) is 0 Å². The van der Waals surface area contributed by atoms with Gasteiger partial charge in [-0.05, 0) is 73.4 Å². The Kier molecular flexibility index (Phi) is 6.87. The van der Waals surface area contributed by atoms with Gasteiger partial charge in [-0.15, -0.1) is 0 Å². The van der Waals surface area contributed by atoms with Crippen molar-refractivity contribution in [3.05, 3.63) is 84.4 Å². The minimum absolute atomic E-state index is 0.0810. The van der Waals surface area contributed by atoms with E-state index in [2.05, 4.69) is 10.6 Å². The molecule has 0 spiro atoms. The predicted molar refractivity (Wildman–Crippen MR) is 128 cm³/mol. The average molecular weight is 450 g/mol. The molecule has 3 aromatic rings. The van der Waals surface area contributed by atoms with Gasteiger partial charge >= 0.3 is 0 Å². The lowest BCUT2D eigenvalue weighted by molar-refractivity contribution is -0.116. The summed E-state index contributed by atoms with van der Waals surface area (Å²) in [6.45, 7) is 1.18. The number of hydrogen-bond acceptors (Lipinski definition) is 4. The first kappa shape index (κ1) is 22.0. The highest BCUT2D eigenvalue weighted by Gasteiger charge is 2.26. The molecule has 166 valence electrons. The molecule has 0 radical (unpaired) electrons. The maximum Gasteiger partial charge on any atom is 0.243 e. The summed E-state index contributed by atoms with van der Waals surface area (Å²) < 4.78 is 26.7. The Labute approximate surface area is 189 Å². The molecular formula is C25H27N3O3S. The van der Waals surface area contributed by atoms with E-state index in [0.717, 1.165) is 35.5 Å². The number of hydrogen-bond donors (Lipinski definition) is 2. The number of para-hydroxylation sites is 1. The molecule has 0 aliphatic carbocycles. The highest BCUT2D eigenvalue weighted by atomic mass is 32.2. The molecular weight excluding hydrogens is 422 g/mol. The second kappa shape index (κ2) is 9.97. The third-order valence-electron chi connectivity index (χ3n) is 5.50. The normalized spacial score (nSPS) is 14.2. The first-order valence-electron chi connectivity index (χ1n) is 10.8. The Hall–Kier alpha value is -3.16. The van der Waals surface area contributed by atoms with Crippen LogP contribution in [-0.2, 0) is 21.2 Å². The number of carbonyl (C=O) groups is 1. The second-order valence-corrected chi connectivity index (χ2v) is 9.81. The molecule has 2 N–H and O–H groups in total. The third kappa shape index (κ3) is 5.55. The molecule has 0 saturated carbocycles. The van der Waals surface area contributed by atoms with Crippen molar-refractivity contribution < 1.29 is 13.2 Å². The Morgan fingerprint density at radius 3 is 2.03 bits per heavy atom. The molecule has 1 aliphatic rings. The fourth-order valence-electron chi connectivity index (χ4n) is 3.71. The molecule has 4 rings (SSSR count). The molecule has 6 nitrogen and oxygen atoms in total. The van der Waals surface area contributed by atoms with Crippen molar-refractivity contribution in [3.63, 3.8) is 0 Å². The van der Waals surface area contributed by atoms with Crippen LogP contribution in [-0.4, -0.2) is 31.7 Å². The quantitative estimate of drug-likeness (QED) is 0.518. The summed E-state index contributed by atoms with van der Waals surface area (Å²) in [6.07, 6.45) is 2.70. The summed E-state index contributed by atoms with van der Waals surface area (Å²) in [5, 5.41) is 6.21. The maximum atomic E-state index is 12.6. The van der Waals surface area contributed by atoms with E-state index in [4.69, 9.17) is 0 Å². The van der Waals surface area contributed by atoms with Crippen molar-refractivity contribution in [1.82, 2.24) is 4.31 Å². The molecule has 0 bridgehead atoms. The van der Waals surface area contributed by atoms with Gasteiger partial charge in [0.15, 0.2) is 0 Å². The molecule has 1 saturated heterocycles. The summed E-state index contributed by atoms with van der Waals surface area (Å²) in [4.78, 5) is 12.6. The van der Waals surface area contributed by atoms with Crippen LogP contribution in [0.1, 0.15) is 24.8 Å². The Morgan fingerprint density at radius 2 is 1.38 bits per heavy atom. The number of sulfonamides is 1. The lowest BCUT2D eigenvalue weighted by Gasteiger charge is -2.15. The number of nitrogens with one attached hydrogen (secondary N) is 2. The summed E-state index contributed by atoms with van der Waals surface area (Å²) in [6, 6.07) is 24.3. The number of benzene rings is 3. The lowest BCUT2D eigenvalue weighted by atomic mass is 10.1. The molecule has 32 heavy (non-hydrogen) atoms. The van der Waals surface area contributed by atoms with E-state index < -0.39 is 10.0 Å². The summed E-state index contributed by atoms with van der Waals surface area (Å²) in [5.41, 5.74) is 3.62. The van der Waals surface area contributed by atoms with Crippen molar-refractivity contribution >= 4 is 33.0 Å². The van der Waals surface area contributed by atoms with E-state index in [-0.39, 0.29) is 5.91 Å². The number of rotatable bonds is 8. The van der Waals surface area contributed by atoms with Gasteiger partial charge in [0.2, 0.25) is 15.9 Å². The zero-order valence-corrected chi connectivity index (χ0v) is 18.6. The van der Waals surface area contributed by atoms with Crippen LogP contribution in [0.2, 0.25) is 0 Å². The van der Waals surface area contributed by atoms with Crippen LogP contribution in [0.5, 0.6) is 0 Å². The summed E-state index contributed by atoms with van der Waals surface area (Å²) in [7, 11) is -3.40. The van der Waals surface area contributed by atoms with E-state index in [9.17, 15) is 13.2 Å². The molecule has 1 amide bonds. The first-order chi connectivity index (χ1) is 15.5. The standard InChI is InChI=1S/C25H27N3O3S/c29-25(27-23-13-11-22(12-14-23)26-21-6-2-1-3-7-21)17-10-20-8-15-24(16-9-20)32(30,31)28-18-4-5-19-28/h1-3,6-9,11-16,26H,4-5,10,17-19H2,(H,27,29). The number of aryl methyl sites for hydroxylation is 1. The van der Waals surface area contributed by atoms with Crippen molar-refractivity contribution in [2.24, 2.45) is 0 Å². The SMILES string of the molecule is O=C(CCc1ccc(S(=O)(=O)N2CCCC2)cc1)Nc1ccc(Nc2ccccc2)cc1. The van der Waals surface area contributed by atoms with Gasteiger partial charge in [0.05, 0.1) is 4.90 Å². The number of amides is 1. The monoisotopic (exact) mass is 449 g/mol. The highest BCUT2D eigenvalue weighted by Crippen LogP contribution is 2.22. The summed E-state index contributed by atoms with van der Waals surface area (Å²) >= 11 is 0.